The lowest BCUT2D eigenvalue weighted by Gasteiger charge is -2.22. The van der Waals surface area contributed by atoms with Crippen LogP contribution in [0.15, 0.2) is 18.2 Å². The minimum absolute atomic E-state index is 0.402. The summed E-state index contributed by atoms with van der Waals surface area (Å²) >= 11 is 5.46. The highest BCUT2D eigenvalue weighted by molar-refractivity contribution is 6.31. The molecule has 1 aromatic carbocycles. The van der Waals surface area contributed by atoms with Crippen molar-refractivity contribution in [2.75, 3.05) is 5.32 Å². The SMILES string of the molecule is CC(=O)OC(C(=O)O)C(OC(C)=O)C(=O)Nc1ccc(Cl)c(C(F)(F)F)c1. The van der Waals surface area contributed by atoms with Crippen LogP contribution >= 0.6 is 11.6 Å². The van der Waals surface area contributed by atoms with Gasteiger partial charge in [-0.3, -0.25) is 14.4 Å². The molecular formula is C15H13ClF3NO7. The average molecular weight is 412 g/mol. The van der Waals surface area contributed by atoms with Crippen molar-refractivity contribution in [2.24, 2.45) is 0 Å². The maximum Gasteiger partial charge on any atom is 0.417 e. The van der Waals surface area contributed by atoms with Gasteiger partial charge in [0.2, 0.25) is 12.2 Å². The predicted octanol–water partition coefficient (Wildman–Crippen LogP) is 2.25. The zero-order chi connectivity index (χ0) is 20.9. The molecule has 0 aliphatic carbocycles. The maximum atomic E-state index is 12.9. The fourth-order valence-electron chi connectivity index (χ4n) is 1.89. The fourth-order valence-corrected chi connectivity index (χ4v) is 2.11. The Morgan fingerprint density at radius 2 is 1.59 bits per heavy atom. The molecule has 2 N–H and O–H groups in total. The van der Waals surface area contributed by atoms with Crippen LogP contribution in [0.25, 0.3) is 0 Å². The number of rotatable bonds is 6. The number of carboxylic acid groups (broad SMARTS) is 1. The summed E-state index contributed by atoms with van der Waals surface area (Å²) in [6.45, 7) is 1.71. The number of alkyl halides is 3. The number of amides is 1. The first-order valence-corrected chi connectivity index (χ1v) is 7.45. The molecule has 0 heterocycles. The van der Waals surface area contributed by atoms with Gasteiger partial charge in [-0.15, -0.1) is 0 Å². The van der Waals surface area contributed by atoms with Gasteiger partial charge >= 0.3 is 24.1 Å². The lowest BCUT2D eigenvalue weighted by atomic mass is 10.1. The van der Waals surface area contributed by atoms with Crippen LogP contribution in [0.1, 0.15) is 19.4 Å². The third-order valence-corrected chi connectivity index (χ3v) is 3.23. The molecule has 8 nitrogen and oxygen atoms in total. The van der Waals surface area contributed by atoms with E-state index in [2.05, 4.69) is 9.47 Å². The second-order valence-electron chi connectivity index (χ2n) is 5.08. The molecule has 1 amide bonds. The van der Waals surface area contributed by atoms with Gasteiger partial charge in [-0.05, 0) is 18.2 Å². The standard InChI is InChI=1S/C15H13ClF3NO7/c1-6(21)26-11(12(14(24)25)27-7(2)22)13(23)20-8-3-4-10(16)9(5-8)15(17,18)19/h3-5,11-12H,1-2H3,(H,20,23)(H,24,25). The maximum absolute atomic E-state index is 12.9. The molecule has 2 unspecified atom stereocenters. The Hall–Kier alpha value is -2.82. The van der Waals surface area contributed by atoms with Gasteiger partial charge in [0.15, 0.2) is 0 Å². The Labute approximate surface area is 155 Å². The molecule has 0 fully saturated rings. The van der Waals surface area contributed by atoms with Crippen molar-refractivity contribution in [1.29, 1.82) is 0 Å². The van der Waals surface area contributed by atoms with Crippen molar-refractivity contribution < 1.29 is 46.9 Å². The summed E-state index contributed by atoms with van der Waals surface area (Å²) in [5.41, 5.74) is -1.65. The van der Waals surface area contributed by atoms with Gasteiger partial charge < -0.3 is 19.9 Å². The number of carbonyl (C=O) groups excluding carboxylic acids is 3. The van der Waals surface area contributed by atoms with Crippen LogP contribution in [-0.4, -0.2) is 41.1 Å². The number of ether oxygens (including phenoxy) is 2. The highest BCUT2D eigenvalue weighted by atomic mass is 35.5. The molecule has 1 aromatic rings. The smallest absolute Gasteiger partial charge is 0.417 e. The first kappa shape index (κ1) is 22.2. The van der Waals surface area contributed by atoms with E-state index in [0.717, 1.165) is 26.0 Å². The van der Waals surface area contributed by atoms with Crippen LogP contribution in [0.2, 0.25) is 5.02 Å². The lowest BCUT2D eigenvalue weighted by molar-refractivity contribution is -0.179. The second-order valence-corrected chi connectivity index (χ2v) is 5.49. The van der Waals surface area contributed by atoms with Gasteiger partial charge in [0, 0.05) is 19.5 Å². The Morgan fingerprint density at radius 1 is 1.07 bits per heavy atom. The van der Waals surface area contributed by atoms with Crippen molar-refractivity contribution in [3.8, 4) is 0 Å². The van der Waals surface area contributed by atoms with Crippen molar-refractivity contribution in [3.63, 3.8) is 0 Å². The van der Waals surface area contributed by atoms with E-state index in [1.807, 2.05) is 5.32 Å². The molecule has 12 heteroatoms. The van der Waals surface area contributed by atoms with Crippen molar-refractivity contribution in [2.45, 2.75) is 32.2 Å². The number of carboxylic acids is 1. The molecular weight excluding hydrogens is 399 g/mol. The molecule has 27 heavy (non-hydrogen) atoms. The van der Waals surface area contributed by atoms with E-state index in [-0.39, 0.29) is 0 Å². The van der Waals surface area contributed by atoms with E-state index in [1.54, 1.807) is 0 Å². The quantitative estimate of drug-likeness (QED) is 0.689. The first-order valence-electron chi connectivity index (χ1n) is 7.07. The Bertz CT molecular complexity index is 766. The molecule has 0 bridgehead atoms. The largest absolute Gasteiger partial charge is 0.478 e. The van der Waals surface area contributed by atoms with E-state index < -0.39 is 58.5 Å². The summed E-state index contributed by atoms with van der Waals surface area (Å²) in [5.74, 6) is -5.30. The minimum atomic E-state index is -4.81. The van der Waals surface area contributed by atoms with Gasteiger partial charge in [-0.1, -0.05) is 11.6 Å². The average Bonchev–Trinajstić information content (AvgIpc) is 2.50. The van der Waals surface area contributed by atoms with Crippen molar-refractivity contribution >= 4 is 41.1 Å². The molecule has 0 spiro atoms. The summed E-state index contributed by atoms with van der Waals surface area (Å²) < 4.78 is 47.6. The molecule has 0 saturated heterocycles. The number of aliphatic carboxylic acids is 1. The van der Waals surface area contributed by atoms with Gasteiger partial charge in [0.1, 0.15) is 0 Å². The number of nitrogens with one attached hydrogen (secondary N) is 1. The Morgan fingerprint density at radius 3 is 2.04 bits per heavy atom. The number of carbonyl (C=O) groups is 4. The molecule has 0 aliphatic rings. The highest BCUT2D eigenvalue weighted by Crippen LogP contribution is 2.36. The zero-order valence-electron chi connectivity index (χ0n) is 13.8. The van der Waals surface area contributed by atoms with Crippen molar-refractivity contribution in [3.05, 3.63) is 28.8 Å². The van der Waals surface area contributed by atoms with E-state index in [1.165, 1.54) is 0 Å². The normalized spacial score (nSPS) is 13.3. The van der Waals surface area contributed by atoms with Crippen LogP contribution in [0.4, 0.5) is 18.9 Å². The molecule has 1 rings (SSSR count). The summed E-state index contributed by atoms with van der Waals surface area (Å²) in [6, 6.07) is 2.39. The van der Waals surface area contributed by atoms with Gasteiger partial charge in [0.25, 0.3) is 5.91 Å². The van der Waals surface area contributed by atoms with Crippen molar-refractivity contribution in [1.82, 2.24) is 0 Å². The molecule has 0 radical (unpaired) electrons. The number of anilines is 1. The van der Waals surface area contributed by atoms with Crippen LogP contribution in [0.5, 0.6) is 0 Å². The molecule has 0 saturated carbocycles. The number of benzene rings is 1. The van der Waals surface area contributed by atoms with Gasteiger partial charge in [-0.2, -0.15) is 13.2 Å². The van der Waals surface area contributed by atoms with Crippen LogP contribution in [0, 0.1) is 0 Å². The van der Waals surface area contributed by atoms with Crippen LogP contribution < -0.4 is 5.32 Å². The number of hydrogen-bond acceptors (Lipinski definition) is 6. The third kappa shape index (κ3) is 6.44. The Kier molecular flexibility index (Phi) is 7.17. The number of hydrogen-bond donors (Lipinski definition) is 2. The van der Waals surface area contributed by atoms with Gasteiger partial charge in [0.05, 0.1) is 10.6 Å². The lowest BCUT2D eigenvalue weighted by Crippen LogP contribution is -2.47. The van der Waals surface area contributed by atoms with Gasteiger partial charge in [-0.25, -0.2) is 4.79 Å². The van der Waals surface area contributed by atoms with E-state index in [9.17, 15) is 32.3 Å². The molecule has 2 atom stereocenters. The van der Waals surface area contributed by atoms with E-state index in [0.29, 0.717) is 6.07 Å². The number of halogens is 4. The topological polar surface area (TPSA) is 119 Å². The summed E-state index contributed by atoms with van der Waals surface area (Å²) in [4.78, 5) is 45.7. The molecule has 148 valence electrons. The summed E-state index contributed by atoms with van der Waals surface area (Å²) in [5, 5.41) is 10.4. The first-order chi connectivity index (χ1) is 12.3. The zero-order valence-corrected chi connectivity index (χ0v) is 14.6. The van der Waals surface area contributed by atoms with Crippen LogP contribution in [-0.2, 0) is 34.8 Å². The number of esters is 2. The van der Waals surface area contributed by atoms with E-state index >= 15 is 0 Å². The summed E-state index contributed by atoms with van der Waals surface area (Å²) in [6.07, 6.45) is -9.16. The highest BCUT2D eigenvalue weighted by Gasteiger charge is 2.40. The van der Waals surface area contributed by atoms with E-state index in [4.69, 9.17) is 16.7 Å². The predicted molar refractivity (Wildman–Crippen MR) is 83.8 cm³/mol. The Balaban J connectivity index is 3.18. The molecule has 0 aromatic heterocycles. The summed E-state index contributed by atoms with van der Waals surface area (Å²) in [7, 11) is 0. The fraction of sp³-hybridized carbons (Fsp3) is 0.333. The monoisotopic (exact) mass is 411 g/mol. The third-order valence-electron chi connectivity index (χ3n) is 2.90. The minimum Gasteiger partial charge on any atom is -0.478 e. The van der Waals surface area contributed by atoms with Crippen LogP contribution in [0.3, 0.4) is 0 Å². The second kappa shape index (κ2) is 8.71. The molecule has 0 aliphatic heterocycles.